The lowest BCUT2D eigenvalue weighted by Crippen LogP contribution is -2.13. The number of para-hydroxylation sites is 4. The molecule has 0 saturated heterocycles. The Labute approximate surface area is 303 Å². The molecule has 9 aromatic rings. The maximum absolute atomic E-state index is 5.29. The van der Waals surface area contributed by atoms with E-state index < -0.39 is 0 Å². The number of anilines is 3. The van der Waals surface area contributed by atoms with Crippen molar-refractivity contribution >= 4 is 38.9 Å². The van der Waals surface area contributed by atoms with Gasteiger partial charge in [-0.2, -0.15) is 0 Å². The molecule has 0 N–H and O–H groups in total. The molecule has 248 valence electrons. The van der Waals surface area contributed by atoms with Crippen molar-refractivity contribution in [2.24, 2.45) is 0 Å². The van der Waals surface area contributed by atoms with Crippen molar-refractivity contribution in [3.8, 4) is 39.6 Å². The van der Waals surface area contributed by atoms with Gasteiger partial charge in [-0.25, -0.2) is 9.97 Å². The Bertz CT molecular complexity index is 2550. The van der Waals surface area contributed by atoms with Crippen molar-refractivity contribution in [1.29, 1.82) is 0 Å². The number of fused-ring (bicyclic) bond motifs is 3. The zero-order chi connectivity index (χ0) is 35.0. The van der Waals surface area contributed by atoms with E-state index in [9.17, 15) is 0 Å². The SMILES string of the molecule is Cc1ccccc1N(c1cc(-c2cc(-c3ccccc3)nc(-c3ccccc3)n2)cc(-n2c3ccccc3c3ccccc32)c1)c1ccccc1C. The number of rotatable bonds is 7. The molecule has 0 spiro atoms. The molecule has 7 aromatic carbocycles. The summed E-state index contributed by atoms with van der Waals surface area (Å²) >= 11 is 0. The summed E-state index contributed by atoms with van der Waals surface area (Å²) in [5.41, 5.74) is 13.8. The second-order valence-corrected chi connectivity index (χ2v) is 13.2. The molecular formula is C48H36N4. The van der Waals surface area contributed by atoms with Crippen LogP contribution in [0, 0.1) is 13.8 Å². The second-order valence-electron chi connectivity index (χ2n) is 13.2. The van der Waals surface area contributed by atoms with Gasteiger partial charge in [0.2, 0.25) is 0 Å². The molecule has 0 bridgehead atoms. The van der Waals surface area contributed by atoms with Crippen LogP contribution in [0.5, 0.6) is 0 Å². The average Bonchev–Trinajstić information content (AvgIpc) is 3.54. The lowest BCUT2D eigenvalue weighted by Gasteiger charge is -2.29. The van der Waals surface area contributed by atoms with Gasteiger partial charge in [0.05, 0.1) is 22.4 Å². The van der Waals surface area contributed by atoms with Gasteiger partial charge in [0, 0.05) is 50.2 Å². The predicted molar refractivity (Wildman–Crippen MR) is 217 cm³/mol. The lowest BCUT2D eigenvalue weighted by molar-refractivity contribution is 1.15. The largest absolute Gasteiger partial charge is 0.310 e. The molecule has 4 nitrogen and oxygen atoms in total. The first-order chi connectivity index (χ1) is 25.6. The highest BCUT2D eigenvalue weighted by Crippen LogP contribution is 2.42. The molecule has 0 amide bonds. The van der Waals surface area contributed by atoms with Gasteiger partial charge in [0.25, 0.3) is 0 Å². The minimum atomic E-state index is 0.690. The highest BCUT2D eigenvalue weighted by Gasteiger charge is 2.21. The van der Waals surface area contributed by atoms with Crippen molar-refractivity contribution in [3.63, 3.8) is 0 Å². The Kier molecular flexibility index (Phi) is 7.90. The first kappa shape index (κ1) is 31.2. The minimum absolute atomic E-state index is 0.690. The average molecular weight is 669 g/mol. The molecule has 0 saturated carbocycles. The maximum atomic E-state index is 5.29. The number of aryl methyl sites for hydroxylation is 2. The van der Waals surface area contributed by atoms with Gasteiger partial charge >= 0.3 is 0 Å². The highest BCUT2D eigenvalue weighted by molar-refractivity contribution is 6.09. The van der Waals surface area contributed by atoms with Gasteiger partial charge in [-0.05, 0) is 73.5 Å². The van der Waals surface area contributed by atoms with Crippen molar-refractivity contribution in [3.05, 3.63) is 193 Å². The minimum Gasteiger partial charge on any atom is -0.310 e. The summed E-state index contributed by atoms with van der Waals surface area (Å²) in [6.45, 7) is 4.36. The summed E-state index contributed by atoms with van der Waals surface area (Å²) < 4.78 is 2.39. The summed E-state index contributed by atoms with van der Waals surface area (Å²) in [5, 5.41) is 2.44. The third-order valence-electron chi connectivity index (χ3n) is 9.84. The summed E-state index contributed by atoms with van der Waals surface area (Å²) in [7, 11) is 0. The van der Waals surface area contributed by atoms with Gasteiger partial charge in [-0.3, -0.25) is 0 Å². The molecule has 0 aliphatic carbocycles. The topological polar surface area (TPSA) is 34.0 Å². The molecule has 0 atom stereocenters. The fourth-order valence-electron chi connectivity index (χ4n) is 7.31. The molecule has 0 unspecified atom stereocenters. The Morgan fingerprint density at radius 3 is 1.48 bits per heavy atom. The molecule has 0 fully saturated rings. The molecule has 0 aliphatic rings. The summed E-state index contributed by atoms with van der Waals surface area (Å²) in [6.07, 6.45) is 0. The first-order valence-corrected chi connectivity index (χ1v) is 17.7. The van der Waals surface area contributed by atoms with Gasteiger partial charge < -0.3 is 9.47 Å². The van der Waals surface area contributed by atoms with Crippen LogP contribution in [0.15, 0.2) is 182 Å². The molecule has 0 aliphatic heterocycles. The van der Waals surface area contributed by atoms with Crippen molar-refractivity contribution in [2.45, 2.75) is 13.8 Å². The van der Waals surface area contributed by atoms with Crippen LogP contribution >= 0.6 is 0 Å². The van der Waals surface area contributed by atoms with Crippen LogP contribution in [-0.4, -0.2) is 14.5 Å². The van der Waals surface area contributed by atoms with Crippen LogP contribution in [0.25, 0.3) is 61.4 Å². The van der Waals surface area contributed by atoms with Crippen molar-refractivity contribution < 1.29 is 0 Å². The van der Waals surface area contributed by atoms with E-state index in [4.69, 9.17) is 9.97 Å². The third kappa shape index (κ3) is 5.61. The van der Waals surface area contributed by atoms with Crippen LogP contribution in [0.1, 0.15) is 11.1 Å². The van der Waals surface area contributed by atoms with Crippen LogP contribution in [0.2, 0.25) is 0 Å². The number of hydrogen-bond donors (Lipinski definition) is 0. The fourth-order valence-corrected chi connectivity index (χ4v) is 7.31. The van der Waals surface area contributed by atoms with Crippen LogP contribution in [0.4, 0.5) is 17.1 Å². The smallest absolute Gasteiger partial charge is 0.160 e. The van der Waals surface area contributed by atoms with E-state index in [1.807, 2.05) is 24.3 Å². The van der Waals surface area contributed by atoms with E-state index in [0.717, 1.165) is 61.9 Å². The van der Waals surface area contributed by atoms with Crippen molar-refractivity contribution in [1.82, 2.24) is 14.5 Å². The Morgan fingerprint density at radius 1 is 0.423 bits per heavy atom. The lowest BCUT2D eigenvalue weighted by atomic mass is 10.0. The van der Waals surface area contributed by atoms with Gasteiger partial charge in [-0.15, -0.1) is 0 Å². The number of nitrogens with zero attached hydrogens (tertiary/aromatic N) is 4. The molecule has 0 radical (unpaired) electrons. The maximum Gasteiger partial charge on any atom is 0.160 e. The third-order valence-corrected chi connectivity index (χ3v) is 9.84. The van der Waals surface area contributed by atoms with Gasteiger partial charge in [0.15, 0.2) is 5.82 Å². The predicted octanol–water partition coefficient (Wildman–Crippen LogP) is 12.7. The molecule has 2 heterocycles. The number of hydrogen-bond acceptors (Lipinski definition) is 3. The van der Waals surface area contributed by atoms with E-state index >= 15 is 0 Å². The van der Waals surface area contributed by atoms with E-state index in [1.165, 1.54) is 21.9 Å². The molecular weight excluding hydrogens is 633 g/mol. The Morgan fingerprint density at radius 2 is 0.904 bits per heavy atom. The molecule has 52 heavy (non-hydrogen) atoms. The van der Waals surface area contributed by atoms with Crippen LogP contribution in [-0.2, 0) is 0 Å². The number of aromatic nitrogens is 3. The standard InChI is InChI=1S/C48H36N4/c1-33-17-9-13-25-44(33)51(45-26-14-10-18-34(45)2)38-29-37(30-39(31-38)52-46-27-15-11-23-40(46)41-24-12-16-28-47(41)52)43-32-42(35-19-5-3-6-20-35)49-48(50-43)36-21-7-4-8-22-36/h3-32H,1-2H3. The highest BCUT2D eigenvalue weighted by atomic mass is 15.1. The van der Waals surface area contributed by atoms with E-state index in [1.54, 1.807) is 0 Å². The second kappa shape index (κ2) is 13.2. The summed E-state index contributed by atoms with van der Waals surface area (Å²) in [4.78, 5) is 12.8. The fraction of sp³-hybridized carbons (Fsp3) is 0.0417. The molecule has 2 aromatic heterocycles. The zero-order valence-electron chi connectivity index (χ0n) is 29.1. The quantitative estimate of drug-likeness (QED) is 0.169. The zero-order valence-corrected chi connectivity index (χ0v) is 29.1. The van der Waals surface area contributed by atoms with Crippen LogP contribution in [0.3, 0.4) is 0 Å². The van der Waals surface area contributed by atoms with Crippen LogP contribution < -0.4 is 4.90 Å². The number of benzene rings is 7. The Hall–Kier alpha value is -6.78. The normalized spacial score (nSPS) is 11.3. The summed E-state index contributed by atoms with van der Waals surface area (Å²) in [6, 6.07) is 64.2. The van der Waals surface area contributed by atoms with Gasteiger partial charge in [-0.1, -0.05) is 133 Å². The van der Waals surface area contributed by atoms with E-state index in [2.05, 4.69) is 181 Å². The van der Waals surface area contributed by atoms with Crippen molar-refractivity contribution in [2.75, 3.05) is 4.90 Å². The van der Waals surface area contributed by atoms with E-state index in [0.29, 0.717) is 5.82 Å². The molecule has 9 rings (SSSR count). The monoisotopic (exact) mass is 668 g/mol. The first-order valence-electron chi connectivity index (χ1n) is 17.7. The summed E-state index contributed by atoms with van der Waals surface area (Å²) in [5.74, 6) is 0.690. The molecule has 4 heteroatoms. The van der Waals surface area contributed by atoms with Gasteiger partial charge in [0.1, 0.15) is 0 Å². The Balaban J connectivity index is 1.37. The van der Waals surface area contributed by atoms with E-state index in [-0.39, 0.29) is 0 Å².